The van der Waals surface area contributed by atoms with Gasteiger partial charge >= 0.3 is 0 Å². The van der Waals surface area contributed by atoms with E-state index in [4.69, 9.17) is 18.4 Å². The first-order chi connectivity index (χ1) is 7.22. The molecule has 0 saturated carbocycles. The first kappa shape index (κ1) is 9.98. The van der Waals surface area contributed by atoms with Crippen molar-refractivity contribution >= 4 is 35.1 Å². The Bertz CT molecular complexity index is 525. The van der Waals surface area contributed by atoms with Crippen LogP contribution in [0.25, 0.3) is 10.9 Å². The number of pyridine rings is 1. The van der Waals surface area contributed by atoms with E-state index in [0.717, 1.165) is 5.39 Å². The summed E-state index contributed by atoms with van der Waals surface area (Å²) in [6, 6.07) is 8.99. The van der Waals surface area contributed by atoms with E-state index in [9.17, 15) is 4.79 Å². The second-order valence-electron chi connectivity index (χ2n) is 3.18. The Kier molecular flexibility index (Phi) is 2.60. The van der Waals surface area contributed by atoms with Crippen molar-refractivity contribution in [2.45, 2.75) is 0 Å². The molecule has 0 aliphatic rings. The van der Waals surface area contributed by atoms with E-state index >= 15 is 0 Å². The molecule has 0 unspecified atom stereocenters. The maximum absolute atomic E-state index is 11.6. The highest BCUT2D eigenvalue weighted by Crippen LogP contribution is 2.18. The third-order valence-corrected chi connectivity index (χ3v) is 2.44. The zero-order chi connectivity index (χ0) is 10.8. The predicted octanol–water partition coefficient (Wildman–Crippen LogP) is 2.20. The number of hydrogen-bond acceptors (Lipinski definition) is 3. The second-order valence-corrected chi connectivity index (χ2v) is 3.47. The van der Waals surface area contributed by atoms with Gasteiger partial charge in [-0.25, -0.2) is 4.98 Å². The van der Waals surface area contributed by atoms with E-state index in [1.165, 1.54) is 0 Å². The van der Waals surface area contributed by atoms with Gasteiger partial charge in [-0.05, 0) is 18.2 Å². The third kappa shape index (κ3) is 1.80. The fourth-order valence-electron chi connectivity index (χ4n) is 1.46. The maximum Gasteiger partial charge on any atom is 0.175 e. The van der Waals surface area contributed by atoms with Crippen LogP contribution >= 0.6 is 12.6 Å². The molecule has 0 fully saturated rings. The molecule has 0 amide bonds. The van der Waals surface area contributed by atoms with Crippen LogP contribution in [0.2, 0.25) is 0 Å². The van der Waals surface area contributed by atoms with Crippen LogP contribution in [0.4, 0.5) is 5.82 Å². The number of anilines is 1. The van der Waals surface area contributed by atoms with Crippen LogP contribution in [0.1, 0.15) is 10.4 Å². The molecule has 0 atom stereocenters. The van der Waals surface area contributed by atoms with Gasteiger partial charge in [0.2, 0.25) is 0 Å². The molecule has 75 valence electrons. The van der Waals surface area contributed by atoms with Gasteiger partial charge in [0, 0.05) is 10.9 Å². The van der Waals surface area contributed by atoms with E-state index in [1.54, 1.807) is 12.1 Å². The van der Waals surface area contributed by atoms with Gasteiger partial charge in [0.15, 0.2) is 5.78 Å². The highest BCUT2D eigenvalue weighted by atomic mass is 32.1. The number of para-hydroxylation sites is 1. The van der Waals surface area contributed by atoms with Crippen molar-refractivity contribution in [2.24, 2.45) is 0 Å². The number of fused-ring (bicyclic) bond motifs is 1. The SMILES string of the molecule is Nc1ccc2cccc(C(=O)C[S])c2n1. The molecule has 2 N–H and O–H groups in total. The van der Waals surface area contributed by atoms with E-state index in [-0.39, 0.29) is 11.5 Å². The van der Waals surface area contributed by atoms with Gasteiger partial charge in [-0.15, -0.1) is 0 Å². The summed E-state index contributed by atoms with van der Waals surface area (Å²) >= 11 is 4.74. The lowest BCUT2D eigenvalue weighted by molar-refractivity contribution is 0.102. The standard InChI is InChI=1S/C11H9N2OS/c12-10-5-4-7-2-1-3-8(9(14)6-15)11(7)13-10/h1-5H,6H2,(H2,12,13). The minimum Gasteiger partial charge on any atom is -0.384 e. The summed E-state index contributed by atoms with van der Waals surface area (Å²) in [5.41, 5.74) is 6.77. The topological polar surface area (TPSA) is 56.0 Å². The van der Waals surface area contributed by atoms with Crippen molar-refractivity contribution < 1.29 is 4.79 Å². The largest absolute Gasteiger partial charge is 0.384 e. The zero-order valence-electron chi connectivity index (χ0n) is 7.93. The van der Waals surface area contributed by atoms with Gasteiger partial charge in [0.25, 0.3) is 0 Å². The Morgan fingerprint density at radius 3 is 2.87 bits per heavy atom. The molecular formula is C11H9N2OS. The molecular weight excluding hydrogens is 208 g/mol. The summed E-state index contributed by atoms with van der Waals surface area (Å²) in [4.78, 5) is 15.7. The molecule has 1 aromatic carbocycles. The highest BCUT2D eigenvalue weighted by Gasteiger charge is 2.09. The van der Waals surface area contributed by atoms with Crippen molar-refractivity contribution in [1.82, 2.24) is 4.98 Å². The lowest BCUT2D eigenvalue weighted by Crippen LogP contribution is -2.03. The van der Waals surface area contributed by atoms with Crippen molar-refractivity contribution in [2.75, 3.05) is 11.5 Å². The molecule has 1 heterocycles. The number of rotatable bonds is 2. The summed E-state index contributed by atoms with van der Waals surface area (Å²) in [5.74, 6) is 0.385. The van der Waals surface area contributed by atoms with Crippen LogP contribution in [-0.4, -0.2) is 16.5 Å². The summed E-state index contributed by atoms with van der Waals surface area (Å²) in [5, 5.41) is 0.901. The number of nitrogens with two attached hydrogens (primary N) is 1. The number of hydrogen-bond donors (Lipinski definition) is 1. The van der Waals surface area contributed by atoms with Crippen LogP contribution in [0, 0.1) is 0 Å². The summed E-state index contributed by atoms with van der Waals surface area (Å²) < 4.78 is 0. The highest BCUT2D eigenvalue weighted by molar-refractivity contribution is 7.81. The fraction of sp³-hybridized carbons (Fsp3) is 0.0909. The van der Waals surface area contributed by atoms with Gasteiger partial charge < -0.3 is 5.73 Å². The number of Topliss-reactive ketones (excluding diaryl/α,β-unsaturated/α-hetero) is 1. The van der Waals surface area contributed by atoms with E-state index in [2.05, 4.69) is 4.98 Å². The molecule has 2 aromatic rings. The minimum atomic E-state index is -0.0892. The predicted molar refractivity (Wildman–Crippen MR) is 62.9 cm³/mol. The number of nitrogen functional groups attached to an aromatic ring is 1. The van der Waals surface area contributed by atoms with Gasteiger partial charge in [-0.2, -0.15) is 0 Å². The Balaban J connectivity index is 2.74. The number of benzene rings is 1. The molecule has 2 rings (SSSR count). The smallest absolute Gasteiger partial charge is 0.175 e. The van der Waals surface area contributed by atoms with E-state index in [0.29, 0.717) is 16.9 Å². The Labute approximate surface area is 92.7 Å². The quantitative estimate of drug-likeness (QED) is 0.784. The molecule has 1 aromatic heterocycles. The molecule has 3 nitrogen and oxygen atoms in total. The number of ketones is 1. The number of carbonyl (C=O) groups is 1. The second kappa shape index (κ2) is 3.90. The molecule has 1 radical (unpaired) electrons. The summed E-state index contributed by atoms with van der Waals surface area (Å²) in [7, 11) is 0. The molecule has 0 spiro atoms. The summed E-state index contributed by atoms with van der Waals surface area (Å²) in [6.45, 7) is 0. The monoisotopic (exact) mass is 217 g/mol. The van der Waals surface area contributed by atoms with Crippen LogP contribution in [-0.2, 0) is 0 Å². The van der Waals surface area contributed by atoms with Crippen molar-refractivity contribution in [3.8, 4) is 0 Å². The van der Waals surface area contributed by atoms with Crippen molar-refractivity contribution in [3.05, 3.63) is 35.9 Å². The van der Waals surface area contributed by atoms with Gasteiger partial charge in [-0.1, -0.05) is 24.8 Å². The fourth-order valence-corrected chi connectivity index (χ4v) is 1.62. The number of aromatic nitrogens is 1. The van der Waals surface area contributed by atoms with Gasteiger partial charge in [0.05, 0.1) is 11.3 Å². The first-order valence-corrected chi connectivity index (χ1v) is 5.06. The number of nitrogens with zero attached hydrogens (tertiary/aromatic N) is 1. The average Bonchev–Trinajstić information content (AvgIpc) is 2.27. The molecule has 4 heteroatoms. The molecule has 15 heavy (non-hydrogen) atoms. The van der Waals surface area contributed by atoms with Crippen LogP contribution < -0.4 is 5.73 Å². The number of carbonyl (C=O) groups excluding carboxylic acids is 1. The molecule has 0 aliphatic carbocycles. The van der Waals surface area contributed by atoms with Crippen molar-refractivity contribution in [1.29, 1.82) is 0 Å². The maximum atomic E-state index is 11.6. The lowest BCUT2D eigenvalue weighted by Gasteiger charge is -2.03. The molecule has 0 aliphatic heterocycles. The molecule has 0 bridgehead atoms. The first-order valence-electron chi connectivity index (χ1n) is 4.49. The Morgan fingerprint density at radius 2 is 2.13 bits per heavy atom. The van der Waals surface area contributed by atoms with Gasteiger partial charge in [0.1, 0.15) is 5.82 Å². The van der Waals surface area contributed by atoms with E-state index in [1.807, 2.05) is 18.2 Å². The zero-order valence-corrected chi connectivity index (χ0v) is 8.75. The molecule has 0 saturated heterocycles. The Hall–Kier alpha value is -1.55. The minimum absolute atomic E-state index is 0.0651. The normalized spacial score (nSPS) is 10.5. The average molecular weight is 217 g/mol. The third-order valence-electron chi connectivity index (χ3n) is 2.17. The van der Waals surface area contributed by atoms with Crippen LogP contribution in [0.3, 0.4) is 0 Å². The van der Waals surface area contributed by atoms with E-state index < -0.39 is 0 Å². The van der Waals surface area contributed by atoms with Crippen LogP contribution in [0.5, 0.6) is 0 Å². The van der Waals surface area contributed by atoms with Gasteiger partial charge in [-0.3, -0.25) is 4.79 Å². The lowest BCUT2D eigenvalue weighted by atomic mass is 10.1. The summed E-state index contributed by atoms with van der Waals surface area (Å²) in [6.07, 6.45) is 0. The van der Waals surface area contributed by atoms with Crippen LogP contribution in [0.15, 0.2) is 30.3 Å². The Morgan fingerprint density at radius 1 is 1.33 bits per heavy atom. The van der Waals surface area contributed by atoms with Crippen molar-refractivity contribution in [3.63, 3.8) is 0 Å².